The SMILES string of the molecule is O=C(CCc1ccc2c(c1)OCCCO2)Nc1ccc(OCc2cccnc2)cc1. The predicted molar refractivity (Wildman–Crippen MR) is 114 cm³/mol. The molecule has 0 aliphatic carbocycles. The standard InChI is InChI=1S/C24H24N2O4/c27-24(11-5-18-4-10-22-23(15-18)29-14-2-13-28-22)26-20-6-8-21(9-7-20)30-17-19-3-1-12-25-16-19/h1,3-4,6-10,12,15-16H,2,5,11,13-14,17H2,(H,26,27). The monoisotopic (exact) mass is 404 g/mol. The Morgan fingerprint density at radius 3 is 2.63 bits per heavy atom. The van der Waals surface area contributed by atoms with Crippen molar-refractivity contribution in [3.63, 3.8) is 0 Å². The molecule has 1 aliphatic rings. The number of aryl methyl sites for hydroxylation is 1. The fraction of sp³-hybridized carbons (Fsp3) is 0.250. The molecule has 0 fully saturated rings. The molecular weight excluding hydrogens is 380 g/mol. The van der Waals surface area contributed by atoms with E-state index in [9.17, 15) is 4.79 Å². The molecule has 0 saturated heterocycles. The zero-order valence-electron chi connectivity index (χ0n) is 16.7. The van der Waals surface area contributed by atoms with Gasteiger partial charge >= 0.3 is 0 Å². The van der Waals surface area contributed by atoms with Gasteiger partial charge in [0.25, 0.3) is 0 Å². The number of fused-ring (bicyclic) bond motifs is 1. The highest BCUT2D eigenvalue weighted by Crippen LogP contribution is 2.30. The molecule has 0 atom stereocenters. The van der Waals surface area contributed by atoms with Gasteiger partial charge in [0.1, 0.15) is 12.4 Å². The highest BCUT2D eigenvalue weighted by Gasteiger charge is 2.11. The van der Waals surface area contributed by atoms with Crippen LogP contribution in [0.25, 0.3) is 0 Å². The molecule has 3 aromatic rings. The summed E-state index contributed by atoms with van der Waals surface area (Å²) in [5.74, 6) is 2.23. The largest absolute Gasteiger partial charge is 0.490 e. The number of pyridine rings is 1. The van der Waals surface area contributed by atoms with Gasteiger partial charge in [-0.25, -0.2) is 0 Å². The Hall–Kier alpha value is -3.54. The average Bonchev–Trinajstić information content (AvgIpc) is 3.03. The van der Waals surface area contributed by atoms with Crippen LogP contribution in [0.3, 0.4) is 0 Å². The van der Waals surface area contributed by atoms with E-state index in [0.717, 1.165) is 40.5 Å². The smallest absolute Gasteiger partial charge is 0.224 e. The molecule has 0 radical (unpaired) electrons. The van der Waals surface area contributed by atoms with E-state index in [2.05, 4.69) is 10.3 Å². The lowest BCUT2D eigenvalue weighted by Crippen LogP contribution is -2.12. The van der Waals surface area contributed by atoms with Crippen molar-refractivity contribution < 1.29 is 19.0 Å². The number of rotatable bonds is 7. The van der Waals surface area contributed by atoms with E-state index in [1.807, 2.05) is 54.6 Å². The van der Waals surface area contributed by atoms with Crippen LogP contribution < -0.4 is 19.5 Å². The van der Waals surface area contributed by atoms with Crippen LogP contribution in [0.1, 0.15) is 24.0 Å². The minimum Gasteiger partial charge on any atom is -0.490 e. The van der Waals surface area contributed by atoms with Gasteiger partial charge in [0.05, 0.1) is 13.2 Å². The number of carbonyl (C=O) groups excluding carboxylic acids is 1. The topological polar surface area (TPSA) is 69.7 Å². The highest BCUT2D eigenvalue weighted by atomic mass is 16.5. The Balaban J connectivity index is 1.25. The number of aromatic nitrogens is 1. The summed E-state index contributed by atoms with van der Waals surface area (Å²) in [6.07, 6.45) is 5.40. The van der Waals surface area contributed by atoms with Crippen molar-refractivity contribution in [3.8, 4) is 17.2 Å². The summed E-state index contributed by atoms with van der Waals surface area (Å²) in [5.41, 5.74) is 2.80. The van der Waals surface area contributed by atoms with Crippen LogP contribution in [0.4, 0.5) is 5.69 Å². The van der Waals surface area contributed by atoms with Crippen LogP contribution >= 0.6 is 0 Å². The van der Waals surface area contributed by atoms with Gasteiger partial charge in [0, 0.05) is 36.5 Å². The quantitative estimate of drug-likeness (QED) is 0.632. The van der Waals surface area contributed by atoms with Crippen molar-refractivity contribution in [2.75, 3.05) is 18.5 Å². The molecule has 154 valence electrons. The van der Waals surface area contributed by atoms with Gasteiger partial charge in [-0.1, -0.05) is 12.1 Å². The number of hydrogen-bond acceptors (Lipinski definition) is 5. The molecule has 0 spiro atoms. The van der Waals surface area contributed by atoms with Gasteiger partial charge in [-0.3, -0.25) is 9.78 Å². The molecule has 1 amide bonds. The Morgan fingerprint density at radius 2 is 1.83 bits per heavy atom. The van der Waals surface area contributed by atoms with Gasteiger partial charge in [0.15, 0.2) is 11.5 Å². The molecule has 1 N–H and O–H groups in total. The highest BCUT2D eigenvalue weighted by molar-refractivity contribution is 5.90. The lowest BCUT2D eigenvalue weighted by Gasteiger charge is -2.10. The molecule has 30 heavy (non-hydrogen) atoms. The summed E-state index contributed by atoms with van der Waals surface area (Å²) in [4.78, 5) is 16.4. The normalized spacial score (nSPS) is 12.7. The molecule has 2 heterocycles. The Kier molecular flexibility index (Phi) is 6.44. The van der Waals surface area contributed by atoms with Crippen LogP contribution in [0.15, 0.2) is 67.0 Å². The number of benzene rings is 2. The number of hydrogen-bond donors (Lipinski definition) is 1. The van der Waals surface area contributed by atoms with E-state index in [0.29, 0.717) is 32.7 Å². The Labute approximate surface area is 175 Å². The van der Waals surface area contributed by atoms with Crippen molar-refractivity contribution in [2.45, 2.75) is 25.9 Å². The van der Waals surface area contributed by atoms with E-state index in [1.165, 1.54) is 0 Å². The van der Waals surface area contributed by atoms with Gasteiger partial charge < -0.3 is 19.5 Å². The zero-order chi connectivity index (χ0) is 20.6. The molecule has 4 rings (SSSR count). The van der Waals surface area contributed by atoms with Crippen molar-refractivity contribution in [1.82, 2.24) is 4.98 Å². The fourth-order valence-corrected chi connectivity index (χ4v) is 3.13. The molecular formula is C24H24N2O4. The van der Waals surface area contributed by atoms with Crippen molar-refractivity contribution in [3.05, 3.63) is 78.1 Å². The maximum atomic E-state index is 12.3. The van der Waals surface area contributed by atoms with Crippen molar-refractivity contribution in [2.24, 2.45) is 0 Å². The molecule has 0 saturated carbocycles. The van der Waals surface area contributed by atoms with Crippen LogP contribution in [0.2, 0.25) is 0 Å². The Morgan fingerprint density at radius 1 is 1.00 bits per heavy atom. The summed E-state index contributed by atoms with van der Waals surface area (Å²) in [6, 6.07) is 17.1. The van der Waals surface area contributed by atoms with Crippen LogP contribution in [0.5, 0.6) is 17.2 Å². The maximum absolute atomic E-state index is 12.3. The van der Waals surface area contributed by atoms with E-state index in [-0.39, 0.29) is 5.91 Å². The number of carbonyl (C=O) groups is 1. The van der Waals surface area contributed by atoms with Gasteiger partial charge in [-0.2, -0.15) is 0 Å². The van der Waals surface area contributed by atoms with Crippen molar-refractivity contribution >= 4 is 11.6 Å². The summed E-state index contributed by atoms with van der Waals surface area (Å²) in [7, 11) is 0. The molecule has 0 bridgehead atoms. The minimum absolute atomic E-state index is 0.0360. The van der Waals surface area contributed by atoms with Gasteiger partial charge in [-0.15, -0.1) is 0 Å². The second kappa shape index (κ2) is 9.78. The Bertz CT molecular complexity index is 974. The second-order valence-corrected chi connectivity index (χ2v) is 7.05. The van der Waals surface area contributed by atoms with Crippen LogP contribution in [-0.2, 0) is 17.8 Å². The third kappa shape index (κ3) is 5.50. The molecule has 2 aromatic carbocycles. The first-order valence-electron chi connectivity index (χ1n) is 10.1. The summed E-state index contributed by atoms with van der Waals surface area (Å²) in [5, 5.41) is 2.93. The molecule has 1 aliphatic heterocycles. The average molecular weight is 404 g/mol. The first-order valence-corrected chi connectivity index (χ1v) is 10.1. The summed E-state index contributed by atoms with van der Waals surface area (Å²) in [6.45, 7) is 1.77. The van der Waals surface area contributed by atoms with Gasteiger partial charge in [0.2, 0.25) is 5.91 Å². The minimum atomic E-state index is -0.0360. The number of ether oxygens (including phenoxy) is 3. The lowest BCUT2D eigenvalue weighted by atomic mass is 10.1. The zero-order valence-corrected chi connectivity index (χ0v) is 16.7. The first kappa shape index (κ1) is 19.8. The number of nitrogens with one attached hydrogen (secondary N) is 1. The lowest BCUT2D eigenvalue weighted by molar-refractivity contribution is -0.116. The van der Waals surface area contributed by atoms with E-state index < -0.39 is 0 Å². The molecule has 1 aromatic heterocycles. The second-order valence-electron chi connectivity index (χ2n) is 7.05. The third-order valence-corrected chi connectivity index (χ3v) is 4.72. The predicted octanol–water partition coefficient (Wildman–Crippen LogP) is 4.39. The van der Waals surface area contributed by atoms with Crippen LogP contribution in [0, 0.1) is 0 Å². The molecule has 6 nitrogen and oxygen atoms in total. The first-order chi connectivity index (χ1) is 14.8. The van der Waals surface area contributed by atoms with Gasteiger partial charge in [-0.05, 0) is 54.4 Å². The summed E-state index contributed by atoms with van der Waals surface area (Å²) < 4.78 is 17.1. The number of amides is 1. The molecule has 6 heteroatoms. The van der Waals surface area contributed by atoms with E-state index in [1.54, 1.807) is 12.4 Å². The molecule has 0 unspecified atom stereocenters. The summed E-state index contributed by atoms with van der Waals surface area (Å²) >= 11 is 0. The number of anilines is 1. The fourth-order valence-electron chi connectivity index (χ4n) is 3.13. The van der Waals surface area contributed by atoms with Crippen LogP contribution in [-0.4, -0.2) is 24.1 Å². The third-order valence-electron chi connectivity index (χ3n) is 4.72. The van der Waals surface area contributed by atoms with E-state index >= 15 is 0 Å². The van der Waals surface area contributed by atoms with Crippen molar-refractivity contribution in [1.29, 1.82) is 0 Å². The number of nitrogens with zero attached hydrogens (tertiary/aromatic N) is 1. The van der Waals surface area contributed by atoms with E-state index in [4.69, 9.17) is 14.2 Å². The maximum Gasteiger partial charge on any atom is 0.224 e.